The molecule has 4 aliphatic heterocycles. The summed E-state index contributed by atoms with van der Waals surface area (Å²) < 4.78 is 21.2. The lowest BCUT2D eigenvalue weighted by Gasteiger charge is -2.39. The topological polar surface area (TPSA) is 116 Å². The molecule has 2 aromatic heterocycles. The molecule has 194 valence electrons. The molecule has 7 rings (SSSR count). The molecule has 4 aliphatic rings. The Labute approximate surface area is 214 Å². The first-order valence-corrected chi connectivity index (χ1v) is 12.9. The van der Waals surface area contributed by atoms with E-state index in [0.717, 1.165) is 32.7 Å². The molecule has 4 atom stereocenters. The van der Waals surface area contributed by atoms with Gasteiger partial charge in [-0.2, -0.15) is 0 Å². The molecule has 0 radical (unpaired) electrons. The van der Waals surface area contributed by atoms with Crippen LogP contribution in [0.3, 0.4) is 0 Å². The molecule has 4 fully saturated rings. The minimum atomic E-state index is -0.708. The van der Waals surface area contributed by atoms with Gasteiger partial charge in [0.05, 0.1) is 6.33 Å². The van der Waals surface area contributed by atoms with Gasteiger partial charge in [-0.1, -0.05) is 18.2 Å². The zero-order chi connectivity index (χ0) is 25.2. The third-order valence-corrected chi connectivity index (χ3v) is 7.98. The van der Waals surface area contributed by atoms with Crippen molar-refractivity contribution in [3.8, 4) is 0 Å². The number of aromatic nitrogens is 4. The zero-order valence-corrected chi connectivity index (χ0v) is 21.0. The van der Waals surface area contributed by atoms with Crippen LogP contribution in [0.4, 0.5) is 5.82 Å². The van der Waals surface area contributed by atoms with Crippen LogP contribution in [0, 0.1) is 5.41 Å². The van der Waals surface area contributed by atoms with Crippen molar-refractivity contribution in [2.45, 2.75) is 50.6 Å². The molecule has 11 heteroatoms. The Morgan fingerprint density at radius 3 is 2.70 bits per heavy atom. The molecule has 1 aromatic carbocycles. The Balaban J connectivity index is 1.15. The maximum Gasteiger partial charge on any atom is 0.256 e. The van der Waals surface area contributed by atoms with Gasteiger partial charge in [-0.15, -0.1) is 0 Å². The third kappa shape index (κ3) is 4.02. The number of hydrogen-bond acceptors (Lipinski definition) is 9. The zero-order valence-electron chi connectivity index (χ0n) is 21.0. The van der Waals surface area contributed by atoms with Gasteiger partial charge < -0.3 is 24.8 Å². The van der Waals surface area contributed by atoms with Gasteiger partial charge in [0.1, 0.15) is 24.6 Å². The maximum atomic E-state index is 12.7. The van der Waals surface area contributed by atoms with Crippen molar-refractivity contribution in [3.05, 3.63) is 48.5 Å². The van der Waals surface area contributed by atoms with Crippen molar-refractivity contribution in [1.29, 1.82) is 0 Å². The summed E-state index contributed by atoms with van der Waals surface area (Å²) in [5.74, 6) is -0.615. The number of amides is 1. The summed E-state index contributed by atoms with van der Waals surface area (Å²) in [6.45, 7) is 9.02. The highest BCUT2D eigenvalue weighted by molar-refractivity contribution is 6.06. The number of likely N-dealkylation sites (tertiary alicyclic amines) is 1. The highest BCUT2D eigenvalue weighted by Crippen LogP contribution is 2.45. The van der Waals surface area contributed by atoms with E-state index in [1.54, 1.807) is 18.5 Å². The summed E-state index contributed by atoms with van der Waals surface area (Å²) in [5, 5.41) is 6.29. The van der Waals surface area contributed by atoms with Gasteiger partial charge in [-0.25, -0.2) is 15.0 Å². The van der Waals surface area contributed by atoms with Crippen LogP contribution in [0.2, 0.25) is 0 Å². The Kier molecular flexibility index (Phi) is 5.35. The van der Waals surface area contributed by atoms with Gasteiger partial charge in [0.15, 0.2) is 29.0 Å². The number of imidazole rings is 1. The van der Waals surface area contributed by atoms with Crippen LogP contribution >= 0.6 is 0 Å². The third-order valence-electron chi connectivity index (χ3n) is 7.98. The summed E-state index contributed by atoms with van der Waals surface area (Å²) in [6.07, 6.45) is 3.21. The Morgan fingerprint density at radius 1 is 1.14 bits per heavy atom. The largest absolute Gasteiger partial charge is 0.348 e. The van der Waals surface area contributed by atoms with Crippen molar-refractivity contribution in [1.82, 2.24) is 29.7 Å². The second kappa shape index (κ2) is 8.53. The predicted molar refractivity (Wildman–Crippen MR) is 134 cm³/mol. The molecule has 6 heterocycles. The molecule has 37 heavy (non-hydrogen) atoms. The number of ether oxygens (including phenoxy) is 3. The number of anilines is 1. The fourth-order valence-corrected chi connectivity index (χ4v) is 6.13. The molecule has 2 N–H and O–H groups in total. The monoisotopic (exact) mass is 505 g/mol. The van der Waals surface area contributed by atoms with Gasteiger partial charge in [0.2, 0.25) is 0 Å². The van der Waals surface area contributed by atoms with E-state index in [9.17, 15) is 4.79 Å². The first-order chi connectivity index (χ1) is 17.9. The highest BCUT2D eigenvalue weighted by atomic mass is 16.8. The normalized spacial score (nSPS) is 30.0. The highest BCUT2D eigenvalue weighted by Gasteiger charge is 2.57. The lowest BCUT2D eigenvalue weighted by Crippen LogP contribution is -2.55. The number of rotatable bonds is 5. The molecular weight excluding hydrogens is 474 g/mol. The van der Waals surface area contributed by atoms with Crippen LogP contribution in [-0.4, -0.2) is 87.1 Å². The van der Waals surface area contributed by atoms with E-state index in [1.165, 1.54) is 12.7 Å². The smallest absolute Gasteiger partial charge is 0.256 e. The fourth-order valence-electron chi connectivity index (χ4n) is 6.13. The van der Waals surface area contributed by atoms with Crippen LogP contribution in [0.1, 0.15) is 36.9 Å². The number of carbonyl (C=O) groups is 1. The molecule has 0 saturated carbocycles. The minimum Gasteiger partial charge on any atom is -0.348 e. The second-order valence-electron chi connectivity index (χ2n) is 11.1. The number of fused-ring (bicyclic) bond motifs is 2. The first-order valence-electron chi connectivity index (χ1n) is 12.9. The number of benzene rings is 1. The second-order valence-corrected chi connectivity index (χ2v) is 11.1. The van der Waals surface area contributed by atoms with Crippen molar-refractivity contribution in [2.75, 3.05) is 38.0 Å². The van der Waals surface area contributed by atoms with Crippen LogP contribution in [0.5, 0.6) is 0 Å². The number of hydrogen-bond donors (Lipinski definition) is 2. The predicted octanol–water partition coefficient (Wildman–Crippen LogP) is 1.79. The Hall–Kier alpha value is -2.96. The maximum absolute atomic E-state index is 12.7. The summed E-state index contributed by atoms with van der Waals surface area (Å²) in [7, 11) is 0. The molecular formula is C26H31N7O4. The van der Waals surface area contributed by atoms with Crippen LogP contribution in [0.15, 0.2) is 43.0 Å². The van der Waals surface area contributed by atoms with Gasteiger partial charge in [-0.3, -0.25) is 14.3 Å². The molecule has 3 aromatic rings. The SMILES string of the molecule is CC1(C)O[C@@H]2[C@H](O1)[C@@H](CN1CCC3(CNC3)C1)O[C@H]2n1cnc2c(NC(=O)c3ccccc3)ncnc21. The fraction of sp³-hybridized carbons (Fsp3) is 0.538. The van der Waals surface area contributed by atoms with E-state index < -0.39 is 12.0 Å². The van der Waals surface area contributed by atoms with E-state index in [0.29, 0.717) is 28.0 Å². The van der Waals surface area contributed by atoms with E-state index in [4.69, 9.17) is 14.2 Å². The van der Waals surface area contributed by atoms with Crippen molar-refractivity contribution >= 4 is 22.9 Å². The van der Waals surface area contributed by atoms with E-state index >= 15 is 0 Å². The minimum absolute atomic E-state index is 0.142. The summed E-state index contributed by atoms with van der Waals surface area (Å²) in [5.41, 5.74) is 2.02. The Bertz CT molecular complexity index is 1320. The van der Waals surface area contributed by atoms with Crippen molar-refractivity contribution < 1.29 is 19.0 Å². The molecule has 1 amide bonds. The van der Waals surface area contributed by atoms with Gasteiger partial charge in [0, 0.05) is 37.2 Å². The van der Waals surface area contributed by atoms with Crippen LogP contribution in [-0.2, 0) is 14.2 Å². The van der Waals surface area contributed by atoms with Crippen molar-refractivity contribution in [2.24, 2.45) is 5.41 Å². The average molecular weight is 506 g/mol. The quantitative estimate of drug-likeness (QED) is 0.535. The standard InChI is InChI=1S/C26H31N7O4/c1-25(2)36-19-17(10-32-9-8-26(13-32)11-27-12-26)35-24(20(19)37-25)33-15-30-18-21(28-14-29-22(18)33)31-23(34)16-6-4-3-5-7-16/h3-7,14-15,17,19-20,24,27H,8-13H2,1-2H3,(H,28,29,31,34)/t17-,19-,20-,24-/m1/s1. The van der Waals surface area contributed by atoms with E-state index in [-0.39, 0.29) is 24.2 Å². The van der Waals surface area contributed by atoms with Crippen molar-refractivity contribution in [3.63, 3.8) is 0 Å². The summed E-state index contributed by atoms with van der Waals surface area (Å²) in [4.78, 5) is 28.6. The number of nitrogens with zero attached hydrogens (tertiary/aromatic N) is 5. The summed E-state index contributed by atoms with van der Waals surface area (Å²) >= 11 is 0. The molecule has 4 saturated heterocycles. The average Bonchev–Trinajstić information content (AvgIpc) is 3.62. The van der Waals surface area contributed by atoms with Crippen LogP contribution in [0.25, 0.3) is 11.2 Å². The van der Waals surface area contributed by atoms with Crippen LogP contribution < -0.4 is 10.6 Å². The van der Waals surface area contributed by atoms with Gasteiger partial charge in [-0.05, 0) is 38.9 Å². The van der Waals surface area contributed by atoms with E-state index in [1.807, 2.05) is 36.6 Å². The number of carbonyl (C=O) groups excluding carboxylic acids is 1. The molecule has 0 unspecified atom stereocenters. The van der Waals surface area contributed by atoms with Gasteiger partial charge >= 0.3 is 0 Å². The first kappa shape index (κ1) is 23.2. The Morgan fingerprint density at radius 2 is 1.95 bits per heavy atom. The lowest BCUT2D eigenvalue weighted by molar-refractivity contribution is -0.197. The van der Waals surface area contributed by atoms with Gasteiger partial charge in [0.25, 0.3) is 5.91 Å². The molecule has 11 nitrogen and oxygen atoms in total. The number of nitrogens with one attached hydrogen (secondary N) is 2. The summed E-state index contributed by atoms with van der Waals surface area (Å²) in [6, 6.07) is 9.01. The van der Waals surface area contributed by atoms with E-state index in [2.05, 4.69) is 30.5 Å². The molecule has 1 spiro atoms. The molecule has 0 aliphatic carbocycles. The molecule has 0 bridgehead atoms. The lowest BCUT2D eigenvalue weighted by atomic mass is 9.81.